The molecule has 1 heterocycles. The molecule has 1 rings (SSSR count). The molecule has 0 atom stereocenters. The molecule has 0 amide bonds. The van der Waals surface area contributed by atoms with E-state index in [2.05, 4.69) is 15.2 Å². The van der Waals surface area contributed by atoms with Crippen LogP contribution in [0.1, 0.15) is 5.82 Å². The molecular formula is C4H5N3O. The minimum Gasteiger partial charge on any atom is -0.388 e. The Balaban J connectivity index is 2.83. The van der Waals surface area contributed by atoms with Crippen LogP contribution >= 0.6 is 0 Å². The molecule has 0 bridgehead atoms. The maximum absolute atomic E-state index is 8.37. The molecule has 1 aromatic heterocycles. The van der Waals surface area contributed by atoms with Crippen molar-refractivity contribution in [2.75, 3.05) is 0 Å². The van der Waals surface area contributed by atoms with E-state index in [1.165, 1.54) is 12.4 Å². The van der Waals surface area contributed by atoms with Crippen molar-refractivity contribution >= 4 is 0 Å². The summed E-state index contributed by atoms with van der Waals surface area (Å²) >= 11 is 0. The van der Waals surface area contributed by atoms with Crippen molar-refractivity contribution in [2.24, 2.45) is 0 Å². The summed E-state index contributed by atoms with van der Waals surface area (Å²) in [4.78, 5) is 3.67. The molecule has 8 heavy (non-hydrogen) atoms. The minimum absolute atomic E-state index is 0.145. The van der Waals surface area contributed by atoms with Gasteiger partial charge in [0, 0.05) is 6.20 Å². The van der Waals surface area contributed by atoms with Gasteiger partial charge >= 0.3 is 0 Å². The third-order valence-electron chi connectivity index (χ3n) is 0.671. The van der Waals surface area contributed by atoms with Crippen LogP contribution in [0.15, 0.2) is 12.4 Å². The zero-order valence-electron chi connectivity index (χ0n) is 4.15. The Morgan fingerprint density at radius 2 is 2.38 bits per heavy atom. The summed E-state index contributed by atoms with van der Waals surface area (Å²) in [6.07, 6.45) is 2.94. The highest BCUT2D eigenvalue weighted by molar-refractivity contribution is 4.76. The van der Waals surface area contributed by atoms with E-state index in [9.17, 15) is 0 Å². The first-order valence-corrected chi connectivity index (χ1v) is 2.17. The fourth-order valence-corrected chi connectivity index (χ4v) is 0.347. The fraction of sp³-hybridized carbons (Fsp3) is 0.250. The fourth-order valence-electron chi connectivity index (χ4n) is 0.347. The van der Waals surface area contributed by atoms with Crippen molar-refractivity contribution in [3.63, 3.8) is 0 Å². The van der Waals surface area contributed by atoms with Crippen LogP contribution in [0.3, 0.4) is 0 Å². The second-order valence-electron chi connectivity index (χ2n) is 1.22. The molecule has 0 aliphatic heterocycles. The Morgan fingerprint density at radius 1 is 1.50 bits per heavy atom. The van der Waals surface area contributed by atoms with E-state index in [0.717, 1.165) is 0 Å². The molecule has 4 heteroatoms. The maximum Gasteiger partial charge on any atom is 0.176 e. The molecule has 0 unspecified atom stereocenters. The Bertz CT molecular complexity index is 153. The van der Waals surface area contributed by atoms with E-state index in [1.807, 2.05) is 0 Å². The zero-order chi connectivity index (χ0) is 5.82. The van der Waals surface area contributed by atoms with E-state index in [4.69, 9.17) is 5.11 Å². The third-order valence-corrected chi connectivity index (χ3v) is 0.671. The average molecular weight is 111 g/mol. The van der Waals surface area contributed by atoms with Gasteiger partial charge in [0.25, 0.3) is 0 Å². The summed E-state index contributed by atoms with van der Waals surface area (Å²) in [5.41, 5.74) is 0. The van der Waals surface area contributed by atoms with Crippen molar-refractivity contribution in [1.82, 2.24) is 15.2 Å². The SMILES string of the molecule is OCc1nccnn1. The molecule has 1 N–H and O–H groups in total. The molecular weight excluding hydrogens is 106 g/mol. The quantitative estimate of drug-likeness (QED) is 0.524. The molecule has 0 aromatic carbocycles. The number of rotatable bonds is 1. The van der Waals surface area contributed by atoms with E-state index >= 15 is 0 Å². The van der Waals surface area contributed by atoms with Gasteiger partial charge in [-0.25, -0.2) is 4.98 Å². The Labute approximate surface area is 46.2 Å². The van der Waals surface area contributed by atoms with Gasteiger partial charge in [-0.1, -0.05) is 0 Å². The van der Waals surface area contributed by atoms with Crippen LogP contribution in [0.4, 0.5) is 0 Å². The summed E-state index contributed by atoms with van der Waals surface area (Å²) in [5.74, 6) is 0.354. The highest BCUT2D eigenvalue weighted by Gasteiger charge is 1.86. The number of nitrogens with zero attached hydrogens (tertiary/aromatic N) is 3. The monoisotopic (exact) mass is 111 g/mol. The molecule has 0 spiro atoms. The Morgan fingerprint density at radius 3 is 2.75 bits per heavy atom. The van der Waals surface area contributed by atoms with Gasteiger partial charge in [0.15, 0.2) is 5.82 Å². The number of hydrogen-bond acceptors (Lipinski definition) is 4. The van der Waals surface area contributed by atoms with Crippen LogP contribution in [0.25, 0.3) is 0 Å². The van der Waals surface area contributed by atoms with Crippen LogP contribution in [0.2, 0.25) is 0 Å². The highest BCUT2D eigenvalue weighted by Crippen LogP contribution is 1.79. The van der Waals surface area contributed by atoms with Gasteiger partial charge in [-0.2, -0.15) is 5.10 Å². The van der Waals surface area contributed by atoms with Crippen molar-refractivity contribution in [2.45, 2.75) is 6.61 Å². The first-order chi connectivity index (χ1) is 3.93. The van der Waals surface area contributed by atoms with Gasteiger partial charge in [-0.15, -0.1) is 5.10 Å². The first kappa shape index (κ1) is 5.11. The predicted molar refractivity (Wildman–Crippen MR) is 25.7 cm³/mol. The average Bonchev–Trinajstić information content (AvgIpc) is 1.90. The summed E-state index contributed by atoms with van der Waals surface area (Å²) in [6, 6.07) is 0. The van der Waals surface area contributed by atoms with E-state index in [0.29, 0.717) is 5.82 Å². The molecule has 0 radical (unpaired) electrons. The summed E-state index contributed by atoms with van der Waals surface area (Å²) in [7, 11) is 0. The third kappa shape index (κ3) is 0.974. The number of hydrogen-bond donors (Lipinski definition) is 1. The Hall–Kier alpha value is -1.03. The lowest BCUT2D eigenvalue weighted by Gasteiger charge is -1.85. The van der Waals surface area contributed by atoms with Gasteiger partial charge in [-0.3, -0.25) is 0 Å². The molecule has 4 nitrogen and oxygen atoms in total. The molecule has 0 aliphatic rings. The van der Waals surface area contributed by atoms with E-state index < -0.39 is 0 Å². The van der Waals surface area contributed by atoms with Crippen LogP contribution in [0.5, 0.6) is 0 Å². The lowest BCUT2D eigenvalue weighted by molar-refractivity contribution is 0.269. The van der Waals surface area contributed by atoms with Gasteiger partial charge in [0.1, 0.15) is 6.61 Å². The zero-order valence-corrected chi connectivity index (χ0v) is 4.15. The maximum atomic E-state index is 8.37. The van der Waals surface area contributed by atoms with E-state index in [1.54, 1.807) is 0 Å². The predicted octanol–water partition coefficient (Wildman–Crippen LogP) is -0.636. The molecule has 0 fully saturated rings. The van der Waals surface area contributed by atoms with Gasteiger partial charge in [0.2, 0.25) is 0 Å². The second-order valence-corrected chi connectivity index (χ2v) is 1.22. The largest absolute Gasteiger partial charge is 0.388 e. The second kappa shape index (κ2) is 2.32. The number of aliphatic hydroxyl groups excluding tert-OH is 1. The molecule has 1 aromatic rings. The molecule has 42 valence electrons. The Kier molecular flexibility index (Phi) is 1.48. The van der Waals surface area contributed by atoms with Crippen LogP contribution in [-0.2, 0) is 6.61 Å². The summed E-state index contributed by atoms with van der Waals surface area (Å²) in [5, 5.41) is 15.3. The van der Waals surface area contributed by atoms with Crippen molar-refractivity contribution in [3.05, 3.63) is 18.2 Å². The lowest BCUT2D eigenvalue weighted by atomic mass is 10.7. The van der Waals surface area contributed by atoms with Gasteiger partial charge < -0.3 is 5.11 Å². The topological polar surface area (TPSA) is 58.9 Å². The van der Waals surface area contributed by atoms with E-state index in [-0.39, 0.29) is 6.61 Å². The smallest absolute Gasteiger partial charge is 0.176 e. The van der Waals surface area contributed by atoms with Crippen molar-refractivity contribution in [3.8, 4) is 0 Å². The normalized spacial score (nSPS) is 9.12. The van der Waals surface area contributed by atoms with Crippen molar-refractivity contribution in [1.29, 1.82) is 0 Å². The van der Waals surface area contributed by atoms with Crippen molar-refractivity contribution < 1.29 is 5.11 Å². The summed E-state index contributed by atoms with van der Waals surface area (Å²) in [6.45, 7) is -0.145. The van der Waals surface area contributed by atoms with Crippen LogP contribution in [0, 0.1) is 0 Å². The first-order valence-electron chi connectivity index (χ1n) is 2.17. The molecule has 0 saturated carbocycles. The van der Waals surface area contributed by atoms with Gasteiger partial charge in [-0.05, 0) is 0 Å². The number of aliphatic hydroxyl groups is 1. The summed E-state index contributed by atoms with van der Waals surface area (Å²) < 4.78 is 0. The number of aromatic nitrogens is 3. The van der Waals surface area contributed by atoms with Gasteiger partial charge in [0.05, 0.1) is 6.20 Å². The minimum atomic E-state index is -0.145. The molecule has 0 aliphatic carbocycles. The van der Waals surface area contributed by atoms with Crippen LogP contribution in [-0.4, -0.2) is 20.3 Å². The standard InChI is InChI=1S/C4H5N3O/c8-3-4-5-1-2-6-7-4/h1-2,8H,3H2. The highest BCUT2D eigenvalue weighted by atomic mass is 16.3. The van der Waals surface area contributed by atoms with Crippen LogP contribution < -0.4 is 0 Å². The molecule has 0 saturated heterocycles. The lowest BCUT2D eigenvalue weighted by Crippen LogP contribution is -1.93.